The molecular weight excluding hydrogens is 502 g/mol. The molecule has 1 amide bonds. The van der Waals surface area contributed by atoms with Crippen LogP contribution in [0, 0.1) is 10.1 Å². The third kappa shape index (κ3) is 4.68. The molecule has 5 rings (SSSR count). The summed E-state index contributed by atoms with van der Waals surface area (Å²) in [5.41, 5.74) is 2.42. The van der Waals surface area contributed by atoms with E-state index in [4.69, 9.17) is 9.47 Å². The summed E-state index contributed by atoms with van der Waals surface area (Å²) in [5.74, 6) is -0.670. The fraction of sp³-hybridized carbons (Fsp3) is 0.172. The van der Waals surface area contributed by atoms with Crippen molar-refractivity contribution in [3.63, 3.8) is 0 Å². The number of carbonyl (C=O) groups excluding carboxylic acids is 2. The zero-order chi connectivity index (χ0) is 27.7. The number of H-pyrrole nitrogens is 1. The van der Waals surface area contributed by atoms with Crippen LogP contribution in [0.5, 0.6) is 11.5 Å². The lowest BCUT2D eigenvalue weighted by atomic mass is 9.95. The molecule has 1 aromatic heterocycles. The van der Waals surface area contributed by atoms with Crippen LogP contribution in [0.1, 0.15) is 22.7 Å². The van der Waals surface area contributed by atoms with Crippen molar-refractivity contribution in [3.05, 3.63) is 105 Å². The number of nitro groups is 1. The number of fused-ring (bicyclic) bond motifs is 1. The van der Waals surface area contributed by atoms with E-state index in [0.717, 1.165) is 16.5 Å². The Labute approximate surface area is 223 Å². The second-order valence-corrected chi connectivity index (χ2v) is 9.05. The number of nitro benzene ring substituents is 1. The van der Waals surface area contributed by atoms with Gasteiger partial charge in [-0.15, -0.1) is 0 Å². The van der Waals surface area contributed by atoms with Crippen LogP contribution in [0.4, 0.5) is 5.69 Å². The first kappa shape index (κ1) is 25.5. The Bertz CT molecular complexity index is 1600. The molecule has 0 unspecified atom stereocenters. The third-order valence-corrected chi connectivity index (χ3v) is 6.92. The number of nitrogens with zero attached hydrogens (tertiary/aromatic N) is 2. The Morgan fingerprint density at radius 3 is 2.31 bits per heavy atom. The molecule has 2 N–H and O–H groups in total. The number of methoxy groups -OCH3 is 2. The highest BCUT2D eigenvalue weighted by atomic mass is 16.6. The lowest BCUT2D eigenvalue weighted by Gasteiger charge is -2.25. The summed E-state index contributed by atoms with van der Waals surface area (Å²) in [4.78, 5) is 41.8. The van der Waals surface area contributed by atoms with E-state index in [1.165, 1.54) is 36.3 Å². The number of carbonyl (C=O) groups is 2. The van der Waals surface area contributed by atoms with Crippen molar-refractivity contribution in [1.82, 2.24) is 9.88 Å². The molecule has 0 spiro atoms. The summed E-state index contributed by atoms with van der Waals surface area (Å²) < 4.78 is 10.6. The molecule has 1 aliphatic heterocycles. The normalized spacial score (nSPS) is 16.6. The molecule has 0 saturated carbocycles. The second kappa shape index (κ2) is 10.3. The van der Waals surface area contributed by atoms with E-state index in [1.807, 2.05) is 24.4 Å². The van der Waals surface area contributed by atoms with Gasteiger partial charge in [0.1, 0.15) is 17.3 Å². The number of hydrogen-bond acceptors (Lipinski definition) is 7. The summed E-state index contributed by atoms with van der Waals surface area (Å²) in [6.07, 6.45) is 2.30. The fourth-order valence-corrected chi connectivity index (χ4v) is 4.87. The zero-order valence-corrected chi connectivity index (χ0v) is 21.2. The predicted molar refractivity (Wildman–Crippen MR) is 144 cm³/mol. The number of aliphatic hydroxyl groups is 1. The molecule has 1 atom stereocenters. The van der Waals surface area contributed by atoms with E-state index in [1.54, 1.807) is 31.4 Å². The molecule has 198 valence electrons. The van der Waals surface area contributed by atoms with Crippen molar-refractivity contribution in [2.75, 3.05) is 20.8 Å². The van der Waals surface area contributed by atoms with Crippen LogP contribution < -0.4 is 9.47 Å². The minimum absolute atomic E-state index is 0.0837. The Morgan fingerprint density at radius 1 is 1.00 bits per heavy atom. The van der Waals surface area contributed by atoms with E-state index >= 15 is 0 Å². The molecule has 2 heterocycles. The molecule has 10 heteroatoms. The van der Waals surface area contributed by atoms with Crippen LogP contribution in [0.25, 0.3) is 16.7 Å². The summed E-state index contributed by atoms with van der Waals surface area (Å²) in [5, 5.41) is 23.2. The molecular formula is C29H25N3O7. The largest absolute Gasteiger partial charge is 0.507 e. The summed E-state index contributed by atoms with van der Waals surface area (Å²) >= 11 is 0. The topological polar surface area (TPSA) is 135 Å². The number of Topliss-reactive ketones (excluding diaryl/α,β-unsaturated/α-hetero) is 1. The minimum atomic E-state index is -0.870. The maximum atomic E-state index is 13.3. The van der Waals surface area contributed by atoms with Crippen molar-refractivity contribution >= 4 is 34.0 Å². The Kier molecular flexibility index (Phi) is 6.76. The lowest BCUT2D eigenvalue weighted by molar-refractivity contribution is -0.384. The number of ketones is 1. The average Bonchev–Trinajstić information content (AvgIpc) is 3.48. The van der Waals surface area contributed by atoms with E-state index in [-0.39, 0.29) is 23.4 Å². The predicted octanol–water partition coefficient (Wildman–Crippen LogP) is 4.76. The van der Waals surface area contributed by atoms with Gasteiger partial charge in [-0.1, -0.05) is 12.1 Å². The molecule has 10 nitrogen and oxygen atoms in total. The molecule has 3 aromatic carbocycles. The van der Waals surface area contributed by atoms with E-state index in [9.17, 15) is 24.8 Å². The molecule has 1 fully saturated rings. The lowest BCUT2D eigenvalue weighted by Crippen LogP contribution is -2.31. The third-order valence-electron chi connectivity index (χ3n) is 6.92. The average molecular weight is 528 g/mol. The van der Waals surface area contributed by atoms with Crippen LogP contribution >= 0.6 is 0 Å². The first-order valence-electron chi connectivity index (χ1n) is 12.1. The first-order valence-corrected chi connectivity index (χ1v) is 12.1. The number of aliphatic hydroxyl groups excluding tert-OH is 1. The van der Waals surface area contributed by atoms with E-state index in [2.05, 4.69) is 4.98 Å². The van der Waals surface area contributed by atoms with Crippen LogP contribution in [-0.2, 0) is 16.0 Å². The molecule has 0 aliphatic carbocycles. The van der Waals surface area contributed by atoms with Crippen molar-refractivity contribution in [2.24, 2.45) is 0 Å². The summed E-state index contributed by atoms with van der Waals surface area (Å²) in [6.45, 7) is 0.197. The Balaban J connectivity index is 1.55. The molecule has 0 radical (unpaired) electrons. The fourth-order valence-electron chi connectivity index (χ4n) is 4.87. The SMILES string of the molecule is COc1ccc([C@H]2C(=C(O)c3ccc([N+](=O)[O-])cc3)C(=O)C(=O)N2CCc2c[nH]c3ccc(OC)cc23)cc1. The number of amides is 1. The highest BCUT2D eigenvalue weighted by Gasteiger charge is 2.46. The van der Waals surface area contributed by atoms with Gasteiger partial charge in [0.05, 0.1) is 30.8 Å². The number of ether oxygens (including phenoxy) is 2. The number of non-ortho nitro benzene ring substituents is 1. The number of benzene rings is 3. The van der Waals surface area contributed by atoms with Gasteiger partial charge in [-0.3, -0.25) is 19.7 Å². The monoisotopic (exact) mass is 527 g/mol. The van der Waals surface area contributed by atoms with Gasteiger partial charge in [0.25, 0.3) is 17.4 Å². The smallest absolute Gasteiger partial charge is 0.295 e. The number of likely N-dealkylation sites (tertiary alicyclic amines) is 1. The van der Waals surface area contributed by atoms with Gasteiger partial charge >= 0.3 is 0 Å². The van der Waals surface area contributed by atoms with Gasteiger partial charge in [0.2, 0.25) is 0 Å². The zero-order valence-electron chi connectivity index (χ0n) is 21.2. The number of nitrogens with one attached hydrogen (secondary N) is 1. The minimum Gasteiger partial charge on any atom is -0.507 e. The summed E-state index contributed by atoms with van der Waals surface area (Å²) in [6, 6.07) is 16.9. The molecule has 39 heavy (non-hydrogen) atoms. The second-order valence-electron chi connectivity index (χ2n) is 9.05. The molecule has 0 bridgehead atoms. The number of aromatic amines is 1. The Morgan fingerprint density at radius 2 is 1.67 bits per heavy atom. The van der Waals surface area contributed by atoms with Crippen LogP contribution in [-0.4, -0.2) is 52.4 Å². The number of hydrogen-bond donors (Lipinski definition) is 2. The van der Waals surface area contributed by atoms with E-state index < -0.39 is 28.4 Å². The van der Waals surface area contributed by atoms with Gasteiger partial charge in [-0.25, -0.2) is 0 Å². The van der Waals surface area contributed by atoms with Gasteiger partial charge in [0.15, 0.2) is 0 Å². The van der Waals surface area contributed by atoms with Crippen LogP contribution in [0.3, 0.4) is 0 Å². The number of rotatable bonds is 8. The van der Waals surface area contributed by atoms with Gasteiger partial charge in [-0.05, 0) is 60.0 Å². The maximum Gasteiger partial charge on any atom is 0.295 e. The van der Waals surface area contributed by atoms with Gasteiger partial charge in [-0.2, -0.15) is 0 Å². The van der Waals surface area contributed by atoms with Crippen LogP contribution in [0.2, 0.25) is 0 Å². The molecule has 1 aliphatic rings. The van der Waals surface area contributed by atoms with E-state index in [0.29, 0.717) is 23.5 Å². The highest BCUT2D eigenvalue weighted by Crippen LogP contribution is 2.40. The number of aromatic nitrogens is 1. The molecule has 4 aromatic rings. The van der Waals surface area contributed by atoms with Crippen LogP contribution in [0.15, 0.2) is 78.5 Å². The van der Waals surface area contributed by atoms with Gasteiger partial charge in [0, 0.05) is 41.3 Å². The summed E-state index contributed by atoms with van der Waals surface area (Å²) in [7, 11) is 3.12. The maximum absolute atomic E-state index is 13.3. The van der Waals surface area contributed by atoms with Crippen molar-refractivity contribution in [3.8, 4) is 11.5 Å². The quantitative estimate of drug-likeness (QED) is 0.111. The van der Waals surface area contributed by atoms with Crippen molar-refractivity contribution in [1.29, 1.82) is 0 Å². The van der Waals surface area contributed by atoms with Crippen molar-refractivity contribution in [2.45, 2.75) is 12.5 Å². The van der Waals surface area contributed by atoms with Gasteiger partial charge < -0.3 is 24.5 Å². The molecule has 1 saturated heterocycles. The Hall–Kier alpha value is -5.12. The first-order chi connectivity index (χ1) is 18.8. The highest BCUT2D eigenvalue weighted by molar-refractivity contribution is 6.46. The van der Waals surface area contributed by atoms with Crippen molar-refractivity contribution < 1.29 is 29.1 Å². The standard InChI is InChI=1S/C29H25N3O7/c1-38-21-9-5-17(6-10-21)26-25(27(33)18-3-7-20(8-4-18)32(36)37)28(34)29(35)31(26)14-13-19-16-30-24-12-11-22(39-2)15-23(19)24/h3-12,15-16,26,30,33H,13-14H2,1-2H3/t26-/m0/s1.